The lowest BCUT2D eigenvalue weighted by Crippen LogP contribution is -2.27. The van der Waals surface area contributed by atoms with E-state index in [1.165, 1.54) is 7.11 Å². The molecule has 0 aromatic heterocycles. The number of rotatable bonds is 18. The average Bonchev–Trinajstić information content (AvgIpc) is 3.15. The highest BCUT2D eigenvalue weighted by Gasteiger charge is 2.43. The molecule has 0 bridgehead atoms. The van der Waals surface area contributed by atoms with Crippen molar-refractivity contribution in [2.45, 2.75) is 103 Å². The van der Waals surface area contributed by atoms with E-state index in [4.69, 9.17) is 14.2 Å². The molecule has 218 valence electrons. The van der Waals surface area contributed by atoms with E-state index >= 15 is 0 Å². The molecule has 0 saturated heterocycles. The van der Waals surface area contributed by atoms with E-state index in [1.54, 1.807) is 12.2 Å². The molecule has 38 heavy (non-hydrogen) atoms. The standard InChI is InChI=1S/C28H46O10/c1-5-6-9-12-21(29)15-16-22-23(13-10-7-8-11-14-26(31)37-20(2)3)25(17-24(22)30)38-28(33)35-18-27(32)36-19-34-4/h7,10,15-16,20-25,29-30H,5-6,8-9,11-14,17-19H2,1-4H3/b10-7-,16-15+/t21-,22+,23+,24+,25-/m0/s1. The third-order valence-corrected chi connectivity index (χ3v) is 6.14. The van der Waals surface area contributed by atoms with E-state index in [1.807, 2.05) is 26.0 Å². The van der Waals surface area contributed by atoms with Gasteiger partial charge in [-0.1, -0.05) is 50.5 Å². The Bertz CT molecular complexity index is 748. The molecule has 1 rings (SSSR count). The zero-order valence-electron chi connectivity index (χ0n) is 23.2. The Hall–Kier alpha value is -2.43. The van der Waals surface area contributed by atoms with Gasteiger partial charge < -0.3 is 33.9 Å². The number of allylic oxidation sites excluding steroid dienone is 2. The molecule has 1 aliphatic carbocycles. The summed E-state index contributed by atoms with van der Waals surface area (Å²) in [6, 6.07) is 0. The summed E-state index contributed by atoms with van der Waals surface area (Å²) < 4.78 is 24.7. The van der Waals surface area contributed by atoms with Gasteiger partial charge in [-0.25, -0.2) is 9.59 Å². The van der Waals surface area contributed by atoms with Crippen molar-refractivity contribution in [3.63, 3.8) is 0 Å². The maximum Gasteiger partial charge on any atom is 0.509 e. The predicted molar refractivity (Wildman–Crippen MR) is 140 cm³/mol. The molecule has 10 nitrogen and oxygen atoms in total. The van der Waals surface area contributed by atoms with Gasteiger partial charge in [-0.2, -0.15) is 0 Å². The molecule has 0 amide bonds. The molecule has 1 aliphatic rings. The number of carbonyl (C=O) groups excluding carboxylic acids is 3. The Labute approximate surface area is 226 Å². The number of hydrogen-bond donors (Lipinski definition) is 2. The Kier molecular flexibility index (Phi) is 17.3. The Morgan fingerprint density at radius 2 is 1.82 bits per heavy atom. The van der Waals surface area contributed by atoms with E-state index in [-0.39, 0.29) is 37.1 Å². The predicted octanol–water partition coefficient (Wildman–Crippen LogP) is 4.22. The van der Waals surface area contributed by atoms with E-state index in [0.717, 1.165) is 19.3 Å². The highest BCUT2D eigenvalue weighted by molar-refractivity contribution is 5.73. The molecule has 10 heteroatoms. The van der Waals surface area contributed by atoms with Gasteiger partial charge in [-0.05, 0) is 39.5 Å². The van der Waals surface area contributed by atoms with Crippen molar-refractivity contribution < 1.29 is 48.3 Å². The molecule has 0 aromatic carbocycles. The van der Waals surface area contributed by atoms with Gasteiger partial charge in [-0.3, -0.25) is 4.79 Å². The molecular weight excluding hydrogens is 496 g/mol. The van der Waals surface area contributed by atoms with E-state index in [9.17, 15) is 24.6 Å². The summed E-state index contributed by atoms with van der Waals surface area (Å²) in [6.45, 7) is 4.85. The van der Waals surface area contributed by atoms with Crippen LogP contribution in [0.3, 0.4) is 0 Å². The minimum Gasteiger partial charge on any atom is -0.463 e. The lowest BCUT2D eigenvalue weighted by Gasteiger charge is -2.22. The first kappa shape index (κ1) is 33.6. The summed E-state index contributed by atoms with van der Waals surface area (Å²) in [7, 11) is 1.36. The van der Waals surface area contributed by atoms with Gasteiger partial charge in [0.1, 0.15) is 6.10 Å². The monoisotopic (exact) mass is 542 g/mol. The van der Waals surface area contributed by atoms with Crippen LogP contribution in [0, 0.1) is 11.8 Å². The number of methoxy groups -OCH3 is 1. The molecule has 0 unspecified atom stereocenters. The Balaban J connectivity index is 2.74. The second-order valence-electron chi connectivity index (χ2n) is 9.75. The lowest BCUT2D eigenvalue weighted by atomic mass is 9.89. The van der Waals surface area contributed by atoms with Crippen molar-refractivity contribution in [3.05, 3.63) is 24.3 Å². The number of unbranched alkanes of at least 4 members (excludes halogenated alkanes) is 3. The minimum absolute atomic E-state index is 0.137. The maximum absolute atomic E-state index is 12.2. The quantitative estimate of drug-likeness (QED) is 0.0851. The van der Waals surface area contributed by atoms with Gasteiger partial charge in [0, 0.05) is 31.8 Å². The third-order valence-electron chi connectivity index (χ3n) is 6.14. The fraction of sp³-hybridized carbons (Fsp3) is 0.750. The Morgan fingerprint density at radius 3 is 2.50 bits per heavy atom. The number of ether oxygens (including phenoxy) is 5. The van der Waals surface area contributed by atoms with E-state index in [2.05, 4.69) is 16.4 Å². The van der Waals surface area contributed by atoms with E-state index < -0.39 is 37.0 Å². The number of esters is 2. The summed E-state index contributed by atoms with van der Waals surface area (Å²) in [5.74, 6) is -1.61. The number of aliphatic hydroxyl groups excluding tert-OH is 2. The van der Waals surface area contributed by atoms with Crippen molar-refractivity contribution in [3.8, 4) is 0 Å². The minimum atomic E-state index is -1.03. The third kappa shape index (κ3) is 14.5. The fourth-order valence-electron chi connectivity index (χ4n) is 4.27. The zero-order chi connectivity index (χ0) is 28.3. The highest BCUT2D eigenvalue weighted by Crippen LogP contribution is 2.38. The van der Waals surface area contributed by atoms with Crippen molar-refractivity contribution >= 4 is 18.1 Å². The van der Waals surface area contributed by atoms with Crippen LogP contribution in [0.4, 0.5) is 4.79 Å². The van der Waals surface area contributed by atoms with Crippen LogP contribution in [0.5, 0.6) is 0 Å². The van der Waals surface area contributed by atoms with Crippen molar-refractivity contribution in [1.82, 2.24) is 0 Å². The first-order valence-electron chi connectivity index (χ1n) is 13.5. The maximum atomic E-state index is 12.2. The lowest BCUT2D eigenvalue weighted by molar-refractivity contribution is -0.158. The Morgan fingerprint density at radius 1 is 1.05 bits per heavy atom. The van der Waals surface area contributed by atoms with Crippen LogP contribution in [0.1, 0.15) is 78.6 Å². The summed E-state index contributed by atoms with van der Waals surface area (Å²) in [6.07, 6.45) is 10.2. The van der Waals surface area contributed by atoms with Crippen LogP contribution in [-0.4, -0.2) is 73.2 Å². The second-order valence-corrected chi connectivity index (χ2v) is 9.75. The number of carbonyl (C=O) groups is 3. The molecule has 5 atom stereocenters. The summed E-state index contributed by atoms with van der Waals surface area (Å²) in [5, 5.41) is 21.0. The van der Waals surface area contributed by atoms with E-state index in [0.29, 0.717) is 32.1 Å². The topological polar surface area (TPSA) is 138 Å². The molecule has 2 N–H and O–H groups in total. The molecule has 0 radical (unpaired) electrons. The van der Waals surface area contributed by atoms with Crippen LogP contribution in [-0.2, 0) is 33.3 Å². The van der Waals surface area contributed by atoms with Gasteiger partial charge >= 0.3 is 18.1 Å². The SMILES string of the molecule is CCCCC[C@H](O)/C=C/[C@@H]1[C@@H](C/C=C\CCCC(=O)OC(C)C)[C@@H](OC(=O)OCC(=O)OCOC)C[C@H]1O. The van der Waals surface area contributed by atoms with Crippen molar-refractivity contribution in [2.75, 3.05) is 20.5 Å². The smallest absolute Gasteiger partial charge is 0.463 e. The van der Waals surface area contributed by atoms with Gasteiger partial charge in [0.2, 0.25) is 0 Å². The van der Waals surface area contributed by atoms with Crippen LogP contribution < -0.4 is 0 Å². The van der Waals surface area contributed by atoms with Crippen LogP contribution in [0.25, 0.3) is 0 Å². The molecule has 0 aliphatic heterocycles. The number of hydrogen-bond acceptors (Lipinski definition) is 10. The molecule has 1 saturated carbocycles. The fourth-order valence-corrected chi connectivity index (χ4v) is 4.27. The van der Waals surface area contributed by atoms with Gasteiger partial charge in [0.25, 0.3) is 0 Å². The van der Waals surface area contributed by atoms with Gasteiger partial charge in [0.15, 0.2) is 13.4 Å². The van der Waals surface area contributed by atoms with Gasteiger partial charge in [0.05, 0.1) is 18.3 Å². The normalized spacial score (nSPS) is 22.2. The highest BCUT2D eigenvalue weighted by atomic mass is 16.7. The van der Waals surface area contributed by atoms with Crippen molar-refractivity contribution in [1.29, 1.82) is 0 Å². The zero-order valence-corrected chi connectivity index (χ0v) is 23.2. The average molecular weight is 543 g/mol. The van der Waals surface area contributed by atoms with Crippen LogP contribution in [0.15, 0.2) is 24.3 Å². The summed E-state index contributed by atoms with van der Waals surface area (Å²) >= 11 is 0. The second kappa shape index (κ2) is 19.6. The number of aliphatic hydroxyl groups is 2. The first-order valence-corrected chi connectivity index (χ1v) is 13.5. The largest absolute Gasteiger partial charge is 0.509 e. The van der Waals surface area contributed by atoms with Crippen LogP contribution in [0.2, 0.25) is 0 Å². The molecule has 0 aromatic rings. The summed E-state index contributed by atoms with van der Waals surface area (Å²) in [4.78, 5) is 35.4. The van der Waals surface area contributed by atoms with Crippen LogP contribution >= 0.6 is 0 Å². The first-order chi connectivity index (χ1) is 18.2. The van der Waals surface area contributed by atoms with Crippen molar-refractivity contribution in [2.24, 2.45) is 11.8 Å². The molecule has 0 heterocycles. The van der Waals surface area contributed by atoms with Gasteiger partial charge in [-0.15, -0.1) is 0 Å². The molecule has 1 fully saturated rings. The molecule has 0 spiro atoms. The molecular formula is C28H46O10. The summed E-state index contributed by atoms with van der Waals surface area (Å²) in [5.41, 5.74) is 0.